The first-order valence-corrected chi connectivity index (χ1v) is 11.7. The second kappa shape index (κ2) is 6.02. The van der Waals surface area contributed by atoms with E-state index < -0.39 is 11.0 Å². The number of aromatic amines is 1. The van der Waals surface area contributed by atoms with Crippen molar-refractivity contribution in [2.75, 3.05) is 13.1 Å². The number of hydrogen-bond acceptors (Lipinski definition) is 4. The second-order valence-electron chi connectivity index (χ2n) is 10.5. The van der Waals surface area contributed by atoms with Gasteiger partial charge in [0.25, 0.3) is 0 Å². The Morgan fingerprint density at radius 1 is 1.16 bits per heavy atom. The van der Waals surface area contributed by atoms with Gasteiger partial charge < -0.3 is 19.9 Å². The molecule has 6 heteroatoms. The smallest absolute Gasteiger partial charge is 0.166 e. The lowest BCUT2D eigenvalue weighted by Gasteiger charge is -2.62. The molecule has 2 fully saturated rings. The minimum absolute atomic E-state index is 0. The predicted molar refractivity (Wildman–Crippen MR) is 124 cm³/mol. The van der Waals surface area contributed by atoms with Crippen molar-refractivity contribution in [1.82, 2.24) is 9.88 Å². The van der Waals surface area contributed by atoms with Crippen LogP contribution in [0, 0.1) is 5.92 Å². The van der Waals surface area contributed by atoms with Crippen LogP contribution in [0.5, 0.6) is 11.5 Å². The first-order valence-electron chi connectivity index (χ1n) is 11.7. The summed E-state index contributed by atoms with van der Waals surface area (Å²) in [7, 11) is 0. The minimum Gasteiger partial charge on any atom is -0.504 e. The van der Waals surface area contributed by atoms with Gasteiger partial charge in [0, 0.05) is 35.5 Å². The molecule has 0 amide bonds. The summed E-state index contributed by atoms with van der Waals surface area (Å²) in [6.45, 7) is 2.07. The van der Waals surface area contributed by atoms with E-state index in [1.165, 1.54) is 29.4 Å². The van der Waals surface area contributed by atoms with Gasteiger partial charge in [-0.15, -0.1) is 12.4 Å². The average Bonchev–Trinajstić information content (AvgIpc) is 3.40. The molecule has 5 nitrogen and oxygen atoms in total. The molecule has 3 aromatic rings. The van der Waals surface area contributed by atoms with Gasteiger partial charge in [-0.3, -0.25) is 4.90 Å². The molecule has 1 aromatic heterocycles. The second-order valence-corrected chi connectivity index (χ2v) is 10.5. The van der Waals surface area contributed by atoms with Gasteiger partial charge in [-0.05, 0) is 61.4 Å². The number of rotatable bonds is 2. The molecule has 5 aliphatic rings. The van der Waals surface area contributed by atoms with Gasteiger partial charge in [0.2, 0.25) is 0 Å². The molecule has 3 aliphatic carbocycles. The number of hydrogen-bond donors (Lipinski definition) is 3. The summed E-state index contributed by atoms with van der Waals surface area (Å²) in [5, 5.41) is 24.6. The number of likely N-dealkylation sites (tertiary alicyclic amines) is 1. The first-order chi connectivity index (χ1) is 15.1. The van der Waals surface area contributed by atoms with E-state index in [-0.39, 0.29) is 30.3 Å². The van der Waals surface area contributed by atoms with Crippen LogP contribution in [-0.2, 0) is 18.3 Å². The Morgan fingerprint density at radius 2 is 2.00 bits per heavy atom. The van der Waals surface area contributed by atoms with Crippen LogP contribution in [0.4, 0.5) is 0 Å². The Labute approximate surface area is 192 Å². The monoisotopic (exact) mass is 450 g/mol. The Morgan fingerprint density at radius 3 is 2.84 bits per heavy atom. The van der Waals surface area contributed by atoms with Gasteiger partial charge in [-0.2, -0.15) is 0 Å². The number of phenolic OH excluding ortho intramolecular Hbond substituents is 1. The van der Waals surface area contributed by atoms with Crippen LogP contribution in [-0.4, -0.2) is 44.8 Å². The van der Waals surface area contributed by atoms with E-state index in [4.69, 9.17) is 4.74 Å². The molecule has 32 heavy (non-hydrogen) atoms. The third kappa shape index (κ3) is 2.04. The topological polar surface area (TPSA) is 68.7 Å². The van der Waals surface area contributed by atoms with Crippen molar-refractivity contribution in [3.63, 3.8) is 0 Å². The van der Waals surface area contributed by atoms with Crippen LogP contribution < -0.4 is 4.74 Å². The van der Waals surface area contributed by atoms with Gasteiger partial charge in [-0.25, -0.2) is 0 Å². The van der Waals surface area contributed by atoms with Gasteiger partial charge in [0.05, 0.1) is 16.7 Å². The molecule has 1 saturated heterocycles. The molecule has 0 unspecified atom stereocenters. The molecule has 1 spiro atoms. The van der Waals surface area contributed by atoms with Crippen molar-refractivity contribution in [1.29, 1.82) is 0 Å². The summed E-state index contributed by atoms with van der Waals surface area (Å²) >= 11 is 0. The number of phenols is 1. The van der Waals surface area contributed by atoms with Crippen LogP contribution in [0.1, 0.15) is 47.8 Å². The number of H-pyrrole nitrogens is 1. The normalized spacial score (nSPS) is 33.9. The number of aliphatic hydroxyl groups is 1. The number of piperidine rings is 1. The van der Waals surface area contributed by atoms with Crippen molar-refractivity contribution < 1.29 is 14.9 Å². The van der Waals surface area contributed by atoms with E-state index in [9.17, 15) is 10.2 Å². The Bertz CT molecular complexity index is 1280. The fraction of sp³-hybridized carbons (Fsp3) is 0.462. The fourth-order valence-electron chi connectivity index (χ4n) is 7.57. The standard InChI is InChI=1S/C26H26N2O3.ClH/c29-19-8-7-15-11-20-26(30)12-17-16-3-1-2-4-18(16)27-22(17)24-25(26,21(15)23(19)31-24)9-10-28(20)13-14-5-6-14;/h1-4,7-8,14,20,24,27,29-30H,5-6,9-13H2;1H/t20-,24-,25+,26-;/m0./s1. The zero-order valence-electron chi connectivity index (χ0n) is 17.8. The van der Waals surface area contributed by atoms with Crippen molar-refractivity contribution in [3.05, 3.63) is 58.8 Å². The summed E-state index contributed by atoms with van der Waals surface area (Å²) in [6, 6.07) is 12.3. The number of para-hydroxylation sites is 1. The van der Waals surface area contributed by atoms with Gasteiger partial charge >= 0.3 is 0 Å². The van der Waals surface area contributed by atoms with Gasteiger partial charge in [0.1, 0.15) is 0 Å². The van der Waals surface area contributed by atoms with Crippen LogP contribution in [0.15, 0.2) is 36.4 Å². The number of nitrogens with zero attached hydrogens (tertiary/aromatic N) is 1. The number of ether oxygens (including phenoxy) is 1. The van der Waals surface area contributed by atoms with Crippen LogP contribution in [0.3, 0.4) is 0 Å². The Kier molecular flexibility index (Phi) is 3.62. The van der Waals surface area contributed by atoms with Crippen molar-refractivity contribution in [2.24, 2.45) is 5.92 Å². The van der Waals surface area contributed by atoms with Gasteiger partial charge in [-0.1, -0.05) is 24.3 Å². The molecule has 166 valence electrons. The molecule has 4 atom stereocenters. The van der Waals surface area contributed by atoms with Crippen molar-refractivity contribution in [3.8, 4) is 11.5 Å². The number of aromatic hydroxyl groups is 1. The van der Waals surface area contributed by atoms with Gasteiger partial charge in [0.15, 0.2) is 17.6 Å². The molecule has 8 rings (SSSR count). The lowest BCUT2D eigenvalue weighted by molar-refractivity contribution is -0.173. The summed E-state index contributed by atoms with van der Waals surface area (Å²) in [4.78, 5) is 6.22. The van der Waals surface area contributed by atoms with Crippen molar-refractivity contribution in [2.45, 2.75) is 55.3 Å². The maximum absolute atomic E-state index is 12.7. The average molecular weight is 451 g/mol. The van der Waals surface area contributed by atoms with E-state index in [2.05, 4.69) is 34.1 Å². The maximum atomic E-state index is 12.7. The van der Waals surface area contributed by atoms with Crippen LogP contribution in [0.2, 0.25) is 0 Å². The molecule has 2 aliphatic heterocycles. The molecule has 2 aromatic carbocycles. The number of fused-ring (bicyclic) bond motifs is 4. The first kappa shape index (κ1) is 19.3. The number of nitrogens with one attached hydrogen (secondary N) is 1. The lowest BCUT2D eigenvalue weighted by Crippen LogP contribution is -2.74. The highest BCUT2D eigenvalue weighted by Gasteiger charge is 2.72. The van der Waals surface area contributed by atoms with Crippen LogP contribution in [0.25, 0.3) is 10.9 Å². The molecular weight excluding hydrogens is 424 g/mol. The third-order valence-corrected chi connectivity index (χ3v) is 9.07. The van der Waals surface area contributed by atoms with E-state index in [0.717, 1.165) is 48.6 Å². The van der Waals surface area contributed by atoms with E-state index in [1.54, 1.807) is 6.07 Å². The quantitative estimate of drug-likeness (QED) is 0.552. The Balaban J connectivity index is 0.00000180. The van der Waals surface area contributed by atoms with E-state index >= 15 is 0 Å². The number of halogens is 1. The SMILES string of the molecule is Cl.Oc1ccc2c3c1O[C@H]1c4[nH]c5ccccc5c4C[C@]4(O)[C@H](C2)N(CC2CC2)CC[C@@]314. The molecule has 1 saturated carbocycles. The Hall–Kier alpha value is -2.21. The molecule has 0 radical (unpaired) electrons. The highest BCUT2D eigenvalue weighted by atomic mass is 35.5. The third-order valence-electron chi connectivity index (χ3n) is 9.07. The van der Waals surface area contributed by atoms with Crippen LogP contribution >= 0.6 is 12.4 Å². The fourth-order valence-corrected chi connectivity index (χ4v) is 7.57. The molecule has 3 N–H and O–H groups in total. The lowest BCUT2D eigenvalue weighted by atomic mass is 9.49. The van der Waals surface area contributed by atoms with E-state index in [1.807, 2.05) is 6.07 Å². The van der Waals surface area contributed by atoms with Crippen molar-refractivity contribution >= 4 is 23.3 Å². The predicted octanol–water partition coefficient (Wildman–Crippen LogP) is 3.99. The largest absolute Gasteiger partial charge is 0.504 e. The summed E-state index contributed by atoms with van der Waals surface area (Å²) in [5.41, 5.74) is 4.27. The molecule has 3 heterocycles. The van der Waals surface area contributed by atoms with E-state index in [0.29, 0.717) is 12.2 Å². The highest BCUT2D eigenvalue weighted by molar-refractivity contribution is 5.86. The molecular formula is C26H27ClN2O3. The summed E-state index contributed by atoms with van der Waals surface area (Å²) in [5.74, 6) is 1.58. The number of benzene rings is 2. The molecule has 2 bridgehead atoms. The summed E-state index contributed by atoms with van der Waals surface area (Å²) < 4.78 is 6.60. The maximum Gasteiger partial charge on any atom is 0.166 e. The number of aromatic nitrogens is 1. The highest BCUT2D eigenvalue weighted by Crippen LogP contribution is 2.69. The zero-order chi connectivity index (χ0) is 20.5. The zero-order valence-corrected chi connectivity index (χ0v) is 18.6. The minimum atomic E-state index is -0.908. The summed E-state index contributed by atoms with van der Waals surface area (Å²) in [6.07, 6.45) is 4.66.